The molecule has 9 heteroatoms. The van der Waals surface area contributed by atoms with Crippen LogP contribution in [-0.2, 0) is 26.2 Å². The van der Waals surface area contributed by atoms with Crippen molar-refractivity contribution in [3.8, 4) is 0 Å². The van der Waals surface area contributed by atoms with Gasteiger partial charge in [-0.2, -0.15) is 0 Å². The SMILES string of the molecule is CCC(C)NC(=O)C(C)N(Cc1ccccc1F)C(=O)CCCN(c1ccc(C)c(C)c1)S(C)(=O)=O. The lowest BCUT2D eigenvalue weighted by molar-refractivity contribution is -0.141. The molecule has 198 valence electrons. The summed E-state index contributed by atoms with van der Waals surface area (Å²) in [5, 5.41) is 2.88. The van der Waals surface area contributed by atoms with Crippen LogP contribution in [-0.4, -0.2) is 50.0 Å². The number of sulfonamides is 1. The Morgan fingerprint density at radius 1 is 1.06 bits per heavy atom. The summed E-state index contributed by atoms with van der Waals surface area (Å²) in [5.41, 5.74) is 2.87. The van der Waals surface area contributed by atoms with Gasteiger partial charge in [-0.05, 0) is 69.9 Å². The number of hydrogen-bond acceptors (Lipinski definition) is 4. The van der Waals surface area contributed by atoms with E-state index < -0.39 is 21.9 Å². The largest absolute Gasteiger partial charge is 0.352 e. The zero-order chi connectivity index (χ0) is 27.0. The molecule has 0 bridgehead atoms. The van der Waals surface area contributed by atoms with E-state index in [-0.39, 0.29) is 43.8 Å². The van der Waals surface area contributed by atoms with Crippen molar-refractivity contribution < 1.29 is 22.4 Å². The fourth-order valence-corrected chi connectivity index (χ4v) is 4.70. The number of carbonyl (C=O) groups is 2. The third kappa shape index (κ3) is 8.05. The number of aryl methyl sites for hydroxylation is 2. The molecule has 2 unspecified atom stereocenters. The van der Waals surface area contributed by atoms with Gasteiger partial charge in [-0.25, -0.2) is 12.8 Å². The molecule has 0 aliphatic rings. The molecule has 2 rings (SSSR count). The molecule has 1 N–H and O–H groups in total. The molecule has 7 nitrogen and oxygen atoms in total. The number of nitrogens with one attached hydrogen (secondary N) is 1. The molecule has 0 saturated heterocycles. The zero-order valence-electron chi connectivity index (χ0n) is 22.0. The number of hydrogen-bond donors (Lipinski definition) is 1. The van der Waals surface area contributed by atoms with Gasteiger partial charge in [0.25, 0.3) is 0 Å². The van der Waals surface area contributed by atoms with E-state index in [1.54, 1.807) is 31.2 Å². The minimum absolute atomic E-state index is 0.00622. The van der Waals surface area contributed by atoms with Crippen molar-refractivity contribution in [2.75, 3.05) is 17.1 Å². The van der Waals surface area contributed by atoms with Crippen molar-refractivity contribution in [2.45, 2.75) is 72.5 Å². The highest BCUT2D eigenvalue weighted by Gasteiger charge is 2.28. The fraction of sp³-hybridized carbons (Fsp3) is 0.481. The van der Waals surface area contributed by atoms with Gasteiger partial charge in [-0.15, -0.1) is 0 Å². The molecule has 0 aliphatic heterocycles. The van der Waals surface area contributed by atoms with Gasteiger partial charge in [0.05, 0.1) is 11.9 Å². The number of nitrogens with zero attached hydrogens (tertiary/aromatic N) is 2. The van der Waals surface area contributed by atoms with Crippen LogP contribution in [0.25, 0.3) is 0 Å². The quantitative estimate of drug-likeness (QED) is 0.453. The van der Waals surface area contributed by atoms with Gasteiger partial charge in [0.1, 0.15) is 11.9 Å². The summed E-state index contributed by atoms with van der Waals surface area (Å²) in [4.78, 5) is 27.4. The van der Waals surface area contributed by atoms with E-state index in [1.165, 1.54) is 15.3 Å². The van der Waals surface area contributed by atoms with Gasteiger partial charge < -0.3 is 10.2 Å². The normalized spacial score (nSPS) is 13.1. The van der Waals surface area contributed by atoms with Crippen molar-refractivity contribution >= 4 is 27.5 Å². The van der Waals surface area contributed by atoms with Crippen LogP contribution in [0, 0.1) is 19.7 Å². The number of benzene rings is 2. The first-order valence-corrected chi connectivity index (χ1v) is 14.1. The molecule has 2 aromatic carbocycles. The Kier molecular flexibility index (Phi) is 10.5. The van der Waals surface area contributed by atoms with Crippen LogP contribution in [0.4, 0.5) is 10.1 Å². The maximum atomic E-state index is 14.4. The molecule has 0 fully saturated rings. The molecule has 0 aromatic heterocycles. The third-order valence-corrected chi connectivity index (χ3v) is 7.59. The highest BCUT2D eigenvalue weighted by Crippen LogP contribution is 2.22. The molecular weight excluding hydrogens is 481 g/mol. The first kappa shape index (κ1) is 29.3. The standard InChI is InChI=1S/C27H38FN3O4S/c1-7-21(4)29-27(33)22(5)30(18-23-11-8-9-12-25(23)28)26(32)13-10-16-31(36(6,34)35)24-15-14-19(2)20(3)17-24/h8-9,11-12,14-15,17,21-22H,7,10,13,16,18H2,1-6H3,(H,29,33). The summed E-state index contributed by atoms with van der Waals surface area (Å²) in [6.07, 6.45) is 2.12. The molecule has 36 heavy (non-hydrogen) atoms. The Morgan fingerprint density at radius 2 is 1.72 bits per heavy atom. The lowest BCUT2D eigenvalue weighted by atomic mass is 10.1. The summed E-state index contributed by atoms with van der Waals surface area (Å²) >= 11 is 0. The molecule has 2 atom stereocenters. The first-order valence-electron chi connectivity index (χ1n) is 12.2. The second-order valence-electron chi connectivity index (χ2n) is 9.31. The van der Waals surface area contributed by atoms with Crippen LogP contribution in [0.15, 0.2) is 42.5 Å². The summed E-state index contributed by atoms with van der Waals surface area (Å²) in [7, 11) is -3.57. The van der Waals surface area contributed by atoms with Crippen molar-refractivity contribution in [1.82, 2.24) is 10.2 Å². The molecule has 2 amide bonds. The lowest BCUT2D eigenvalue weighted by Crippen LogP contribution is -2.49. The highest BCUT2D eigenvalue weighted by atomic mass is 32.2. The Balaban J connectivity index is 2.20. The van der Waals surface area contributed by atoms with E-state index in [2.05, 4.69) is 5.32 Å². The van der Waals surface area contributed by atoms with Crippen molar-refractivity contribution in [3.63, 3.8) is 0 Å². The van der Waals surface area contributed by atoms with E-state index in [0.717, 1.165) is 23.8 Å². The molecule has 0 heterocycles. The Hall–Kier alpha value is -2.94. The lowest BCUT2D eigenvalue weighted by Gasteiger charge is -2.30. The maximum absolute atomic E-state index is 14.4. The fourth-order valence-electron chi connectivity index (χ4n) is 3.74. The van der Waals surface area contributed by atoms with Crippen molar-refractivity contribution in [2.24, 2.45) is 0 Å². The minimum atomic E-state index is -3.57. The molecule has 0 saturated carbocycles. The predicted octanol–water partition coefficient (Wildman–Crippen LogP) is 4.32. The van der Waals surface area contributed by atoms with Crippen LogP contribution >= 0.6 is 0 Å². The molecular formula is C27H38FN3O4S. The predicted molar refractivity (Wildman–Crippen MR) is 142 cm³/mol. The van der Waals surface area contributed by atoms with Gasteiger partial charge in [0.2, 0.25) is 21.8 Å². The molecule has 0 aliphatic carbocycles. The second-order valence-corrected chi connectivity index (χ2v) is 11.2. The average Bonchev–Trinajstić information content (AvgIpc) is 2.81. The van der Waals surface area contributed by atoms with Crippen LogP contribution < -0.4 is 9.62 Å². The number of rotatable bonds is 12. The summed E-state index contributed by atoms with van der Waals surface area (Å²) in [6, 6.07) is 10.7. The number of anilines is 1. The monoisotopic (exact) mass is 519 g/mol. The maximum Gasteiger partial charge on any atom is 0.242 e. The smallest absolute Gasteiger partial charge is 0.242 e. The van der Waals surface area contributed by atoms with Gasteiger partial charge >= 0.3 is 0 Å². The number of carbonyl (C=O) groups excluding carboxylic acids is 2. The van der Waals surface area contributed by atoms with Crippen LogP contribution in [0.3, 0.4) is 0 Å². The van der Waals surface area contributed by atoms with E-state index in [9.17, 15) is 22.4 Å². The van der Waals surface area contributed by atoms with E-state index in [0.29, 0.717) is 11.3 Å². The van der Waals surface area contributed by atoms with Crippen LogP contribution in [0.2, 0.25) is 0 Å². The van der Waals surface area contributed by atoms with Gasteiger partial charge in [-0.1, -0.05) is 31.2 Å². The van der Waals surface area contributed by atoms with Gasteiger partial charge in [-0.3, -0.25) is 13.9 Å². The average molecular weight is 520 g/mol. The summed E-state index contributed by atoms with van der Waals surface area (Å²) in [5.74, 6) is -1.12. The highest BCUT2D eigenvalue weighted by molar-refractivity contribution is 7.92. The molecule has 0 radical (unpaired) electrons. The first-order chi connectivity index (χ1) is 16.8. The van der Waals surface area contributed by atoms with Crippen molar-refractivity contribution in [1.29, 1.82) is 0 Å². The number of halogens is 1. The van der Waals surface area contributed by atoms with E-state index in [1.807, 2.05) is 39.8 Å². The Labute approximate surface area is 214 Å². The summed E-state index contributed by atoms with van der Waals surface area (Å²) in [6.45, 7) is 9.34. The van der Waals surface area contributed by atoms with Gasteiger partial charge in [0.15, 0.2) is 0 Å². The van der Waals surface area contributed by atoms with Crippen LogP contribution in [0.1, 0.15) is 56.7 Å². The third-order valence-electron chi connectivity index (χ3n) is 6.40. The second kappa shape index (κ2) is 12.9. The van der Waals surface area contributed by atoms with E-state index >= 15 is 0 Å². The zero-order valence-corrected chi connectivity index (χ0v) is 22.9. The minimum Gasteiger partial charge on any atom is -0.352 e. The summed E-state index contributed by atoms with van der Waals surface area (Å²) < 4.78 is 40.6. The van der Waals surface area contributed by atoms with Crippen LogP contribution in [0.5, 0.6) is 0 Å². The van der Waals surface area contributed by atoms with E-state index in [4.69, 9.17) is 0 Å². The molecule has 2 aromatic rings. The molecule has 0 spiro atoms. The Morgan fingerprint density at radius 3 is 2.31 bits per heavy atom. The number of amides is 2. The Bertz CT molecular complexity index is 1170. The van der Waals surface area contributed by atoms with Gasteiger partial charge in [0, 0.05) is 31.1 Å². The topological polar surface area (TPSA) is 86.8 Å². The van der Waals surface area contributed by atoms with Crippen molar-refractivity contribution in [3.05, 3.63) is 65.0 Å².